The Morgan fingerprint density at radius 3 is 2.95 bits per heavy atom. The lowest BCUT2D eigenvalue weighted by molar-refractivity contribution is 0.0525. The van der Waals surface area contributed by atoms with E-state index < -0.39 is 18.9 Å². The van der Waals surface area contributed by atoms with E-state index in [2.05, 4.69) is 20.6 Å². The molecule has 0 bridgehead atoms. The maximum Gasteiger partial charge on any atom is 0.369 e. The van der Waals surface area contributed by atoms with Gasteiger partial charge in [0.15, 0.2) is 5.82 Å². The molecular formula is C11H13F2N5O2S. The van der Waals surface area contributed by atoms with Gasteiger partial charge in [-0.1, -0.05) is 11.3 Å². The van der Waals surface area contributed by atoms with E-state index in [1.165, 1.54) is 6.20 Å². The largest absolute Gasteiger partial charge is 0.461 e. The second-order valence-electron chi connectivity index (χ2n) is 4.03. The van der Waals surface area contributed by atoms with Crippen LogP contribution in [0, 0.1) is 6.92 Å². The number of alkyl halides is 2. The second kappa shape index (κ2) is 6.57. The van der Waals surface area contributed by atoms with Crippen LogP contribution in [0.3, 0.4) is 0 Å². The maximum absolute atomic E-state index is 12.3. The van der Waals surface area contributed by atoms with Gasteiger partial charge in [0.05, 0.1) is 6.61 Å². The molecule has 0 aliphatic carbocycles. The summed E-state index contributed by atoms with van der Waals surface area (Å²) < 4.78 is 30.6. The summed E-state index contributed by atoms with van der Waals surface area (Å²) in [6.07, 6.45) is -0.976. The maximum atomic E-state index is 12.3. The Bertz CT molecular complexity index is 628. The van der Waals surface area contributed by atoms with E-state index in [9.17, 15) is 13.6 Å². The fourth-order valence-corrected chi connectivity index (χ4v) is 2.17. The van der Waals surface area contributed by atoms with E-state index in [0.717, 1.165) is 16.0 Å². The molecule has 0 aliphatic rings. The van der Waals surface area contributed by atoms with Gasteiger partial charge in [-0.15, -0.1) is 10.2 Å². The lowest BCUT2D eigenvalue weighted by Gasteiger charge is -1.99. The van der Waals surface area contributed by atoms with E-state index in [4.69, 9.17) is 4.74 Å². The van der Waals surface area contributed by atoms with Gasteiger partial charge in [0.25, 0.3) is 6.43 Å². The molecule has 2 heterocycles. The third kappa shape index (κ3) is 3.94. The van der Waals surface area contributed by atoms with Gasteiger partial charge < -0.3 is 10.1 Å². The summed E-state index contributed by atoms with van der Waals surface area (Å²) in [7, 11) is 0. The van der Waals surface area contributed by atoms with E-state index in [1.807, 2.05) is 0 Å². The highest BCUT2D eigenvalue weighted by molar-refractivity contribution is 7.17. The number of aromatic nitrogens is 4. The van der Waals surface area contributed by atoms with Gasteiger partial charge in [-0.2, -0.15) is 5.10 Å². The van der Waals surface area contributed by atoms with Crippen LogP contribution in [0.4, 0.5) is 19.7 Å². The number of hydrogen-bond donors (Lipinski definition) is 1. The first kappa shape index (κ1) is 15.3. The predicted molar refractivity (Wildman–Crippen MR) is 72.1 cm³/mol. The van der Waals surface area contributed by atoms with Gasteiger partial charge in [0.1, 0.15) is 6.54 Å². The number of nitrogens with one attached hydrogen (secondary N) is 1. The number of rotatable bonds is 6. The molecule has 114 valence electrons. The summed E-state index contributed by atoms with van der Waals surface area (Å²) in [4.78, 5) is 11.5. The minimum atomic E-state index is -2.48. The number of ether oxygens (including phenoxy) is 1. The Balaban J connectivity index is 2.08. The van der Waals surface area contributed by atoms with E-state index in [-0.39, 0.29) is 11.6 Å². The molecule has 0 spiro atoms. The minimum Gasteiger partial charge on any atom is -0.461 e. The van der Waals surface area contributed by atoms with Gasteiger partial charge in [-0.25, -0.2) is 13.6 Å². The van der Waals surface area contributed by atoms with Crippen LogP contribution in [-0.2, 0) is 11.3 Å². The number of carbonyl (C=O) groups is 1. The van der Waals surface area contributed by atoms with Crippen LogP contribution in [0.1, 0.15) is 22.3 Å². The summed E-state index contributed by atoms with van der Waals surface area (Å²) in [5.41, 5.74) is 0.684. The Labute approximate surface area is 122 Å². The third-order valence-electron chi connectivity index (χ3n) is 2.37. The lowest BCUT2D eigenvalue weighted by Crippen LogP contribution is -2.07. The molecule has 10 heteroatoms. The molecule has 0 aliphatic heterocycles. The Morgan fingerprint density at radius 1 is 1.52 bits per heavy atom. The molecule has 2 rings (SSSR count). The Hall–Kier alpha value is -2.10. The monoisotopic (exact) mass is 317 g/mol. The van der Waals surface area contributed by atoms with Crippen molar-refractivity contribution >= 4 is 28.3 Å². The van der Waals surface area contributed by atoms with Crippen molar-refractivity contribution in [3.8, 4) is 0 Å². The molecular weight excluding hydrogens is 304 g/mol. The zero-order chi connectivity index (χ0) is 15.4. The lowest BCUT2D eigenvalue weighted by atomic mass is 10.4. The molecule has 0 aromatic carbocycles. The fourth-order valence-electron chi connectivity index (χ4n) is 1.53. The van der Waals surface area contributed by atoms with Crippen molar-refractivity contribution in [1.82, 2.24) is 20.0 Å². The molecule has 0 fully saturated rings. The quantitative estimate of drug-likeness (QED) is 0.823. The molecule has 1 N–H and O–H groups in total. The van der Waals surface area contributed by atoms with Crippen LogP contribution in [0.5, 0.6) is 0 Å². The smallest absolute Gasteiger partial charge is 0.369 e. The van der Waals surface area contributed by atoms with Crippen molar-refractivity contribution in [2.45, 2.75) is 26.8 Å². The van der Waals surface area contributed by atoms with Crippen molar-refractivity contribution in [3.63, 3.8) is 0 Å². The first-order chi connectivity index (χ1) is 9.99. The topological polar surface area (TPSA) is 81.9 Å². The second-order valence-corrected chi connectivity index (χ2v) is 5.01. The number of hydrogen-bond acceptors (Lipinski definition) is 7. The summed E-state index contributed by atoms with van der Waals surface area (Å²) in [5.74, 6) is -0.162. The summed E-state index contributed by atoms with van der Waals surface area (Å²) in [6.45, 7) is 3.19. The van der Waals surface area contributed by atoms with Crippen LogP contribution >= 0.6 is 11.3 Å². The van der Waals surface area contributed by atoms with Gasteiger partial charge in [0.2, 0.25) is 10.1 Å². The van der Waals surface area contributed by atoms with E-state index >= 15 is 0 Å². The molecule has 0 atom stereocenters. The summed E-state index contributed by atoms with van der Waals surface area (Å²) in [5, 5.41) is 14.8. The highest BCUT2D eigenvalue weighted by atomic mass is 32.1. The van der Waals surface area contributed by atoms with Gasteiger partial charge >= 0.3 is 5.97 Å². The van der Waals surface area contributed by atoms with E-state index in [1.54, 1.807) is 13.8 Å². The van der Waals surface area contributed by atoms with E-state index in [0.29, 0.717) is 16.5 Å². The number of aryl methyl sites for hydroxylation is 1. The molecule has 0 saturated carbocycles. The zero-order valence-electron chi connectivity index (χ0n) is 11.3. The summed E-state index contributed by atoms with van der Waals surface area (Å²) >= 11 is 1.00. The highest BCUT2D eigenvalue weighted by Crippen LogP contribution is 2.22. The molecule has 0 radical (unpaired) electrons. The first-order valence-corrected chi connectivity index (χ1v) is 6.91. The molecule has 21 heavy (non-hydrogen) atoms. The molecule has 0 amide bonds. The Kier molecular flexibility index (Phi) is 4.78. The number of anilines is 2. The zero-order valence-corrected chi connectivity index (χ0v) is 12.2. The standard InChI is InChI=1S/C11H13F2N5O2S/c1-3-20-10(19)9-15-16-11(21-9)14-8-6(2)4-18(17-8)5-7(12)13/h4,7H,3,5H2,1-2H3,(H,14,16,17). The number of carbonyl (C=O) groups excluding carboxylic acids is 1. The van der Waals surface area contributed by atoms with Crippen LogP contribution in [0.15, 0.2) is 6.20 Å². The van der Waals surface area contributed by atoms with Gasteiger partial charge in [-0.05, 0) is 13.8 Å². The first-order valence-electron chi connectivity index (χ1n) is 6.09. The summed E-state index contributed by atoms with van der Waals surface area (Å²) in [6, 6.07) is 0. The van der Waals surface area contributed by atoms with Crippen LogP contribution < -0.4 is 5.32 Å². The normalized spacial score (nSPS) is 10.9. The number of esters is 1. The minimum absolute atomic E-state index is 0.115. The predicted octanol–water partition coefficient (Wildman–Crippen LogP) is 2.23. The highest BCUT2D eigenvalue weighted by Gasteiger charge is 2.15. The van der Waals surface area contributed by atoms with Crippen LogP contribution in [0.2, 0.25) is 0 Å². The third-order valence-corrected chi connectivity index (χ3v) is 3.19. The molecule has 0 unspecified atom stereocenters. The molecule has 2 aromatic heterocycles. The average molecular weight is 317 g/mol. The molecule has 0 saturated heterocycles. The van der Waals surface area contributed by atoms with Crippen molar-refractivity contribution in [3.05, 3.63) is 16.8 Å². The SMILES string of the molecule is CCOC(=O)c1nnc(Nc2nn(CC(F)F)cc2C)s1. The fraction of sp³-hybridized carbons (Fsp3) is 0.455. The van der Waals surface area contributed by atoms with Crippen molar-refractivity contribution < 1.29 is 18.3 Å². The average Bonchev–Trinajstić information content (AvgIpc) is 2.97. The van der Waals surface area contributed by atoms with Crippen molar-refractivity contribution in [1.29, 1.82) is 0 Å². The van der Waals surface area contributed by atoms with Crippen LogP contribution in [0.25, 0.3) is 0 Å². The van der Waals surface area contributed by atoms with Crippen molar-refractivity contribution in [2.75, 3.05) is 11.9 Å². The van der Waals surface area contributed by atoms with Gasteiger partial charge in [0, 0.05) is 11.8 Å². The van der Waals surface area contributed by atoms with Crippen LogP contribution in [-0.4, -0.2) is 39.0 Å². The molecule has 2 aromatic rings. The Morgan fingerprint density at radius 2 is 2.29 bits per heavy atom. The number of nitrogens with zero attached hydrogens (tertiary/aromatic N) is 4. The van der Waals surface area contributed by atoms with Gasteiger partial charge in [-0.3, -0.25) is 4.68 Å². The number of halogens is 2. The molecule has 7 nitrogen and oxygen atoms in total. The van der Waals surface area contributed by atoms with Crippen molar-refractivity contribution in [2.24, 2.45) is 0 Å².